The Hall–Kier alpha value is -2.57. The summed E-state index contributed by atoms with van der Waals surface area (Å²) in [5.74, 6) is -0.717. The number of nitrogens with one attached hydrogen (secondary N) is 2. The topological polar surface area (TPSA) is 93.7 Å². The second-order valence-corrected chi connectivity index (χ2v) is 5.79. The van der Waals surface area contributed by atoms with E-state index in [9.17, 15) is 14.4 Å². The first-order valence-corrected chi connectivity index (χ1v) is 7.23. The predicted octanol–water partition coefficient (Wildman–Crippen LogP) is 1.87. The Balaban J connectivity index is 2.43. The highest BCUT2D eigenvalue weighted by atomic mass is 16.5. The Morgan fingerprint density at radius 2 is 1.70 bits per heavy atom. The van der Waals surface area contributed by atoms with E-state index in [2.05, 4.69) is 10.6 Å². The molecule has 0 aromatic heterocycles. The van der Waals surface area contributed by atoms with Crippen LogP contribution in [0.5, 0.6) is 5.75 Å². The third-order valence-electron chi connectivity index (χ3n) is 2.48. The van der Waals surface area contributed by atoms with Crippen molar-refractivity contribution in [1.82, 2.24) is 10.6 Å². The van der Waals surface area contributed by atoms with E-state index in [1.54, 1.807) is 32.9 Å². The van der Waals surface area contributed by atoms with Gasteiger partial charge < -0.3 is 14.8 Å². The van der Waals surface area contributed by atoms with Gasteiger partial charge in [0.15, 0.2) is 6.61 Å². The van der Waals surface area contributed by atoms with Gasteiger partial charge in [0.05, 0.1) is 12.2 Å². The van der Waals surface area contributed by atoms with Gasteiger partial charge in [-0.15, -0.1) is 0 Å². The number of imide groups is 1. The summed E-state index contributed by atoms with van der Waals surface area (Å²) < 4.78 is 10.1. The van der Waals surface area contributed by atoms with Crippen molar-refractivity contribution in [3.05, 3.63) is 29.8 Å². The van der Waals surface area contributed by atoms with Crippen LogP contribution in [0.3, 0.4) is 0 Å². The molecular formula is C16H22N2O5. The highest BCUT2D eigenvalue weighted by Gasteiger charge is 2.17. The molecule has 3 amide bonds. The maximum absolute atomic E-state index is 11.8. The van der Waals surface area contributed by atoms with Crippen LogP contribution >= 0.6 is 0 Å². The number of ether oxygens (including phenoxy) is 2. The van der Waals surface area contributed by atoms with E-state index >= 15 is 0 Å². The van der Waals surface area contributed by atoms with Crippen LogP contribution in [0, 0.1) is 0 Å². The maximum atomic E-state index is 11.8. The van der Waals surface area contributed by atoms with Crippen LogP contribution in [0.4, 0.5) is 4.79 Å². The number of esters is 1. The third kappa shape index (κ3) is 7.30. The number of hydrogen-bond acceptors (Lipinski definition) is 5. The zero-order valence-electron chi connectivity index (χ0n) is 13.8. The molecule has 1 rings (SSSR count). The molecule has 0 saturated heterocycles. The molecule has 7 nitrogen and oxygen atoms in total. The number of hydrogen-bond donors (Lipinski definition) is 2. The molecule has 0 aliphatic rings. The first-order valence-electron chi connectivity index (χ1n) is 7.23. The largest absolute Gasteiger partial charge is 0.494 e. The van der Waals surface area contributed by atoms with Crippen molar-refractivity contribution >= 4 is 17.9 Å². The molecule has 0 aliphatic carbocycles. The molecule has 1 aromatic carbocycles. The molecule has 0 atom stereocenters. The van der Waals surface area contributed by atoms with Gasteiger partial charge >= 0.3 is 12.0 Å². The molecule has 0 heterocycles. The molecule has 2 N–H and O–H groups in total. The molecule has 0 bridgehead atoms. The maximum Gasteiger partial charge on any atom is 0.338 e. The van der Waals surface area contributed by atoms with Gasteiger partial charge in [0, 0.05) is 5.54 Å². The second-order valence-electron chi connectivity index (χ2n) is 5.79. The lowest BCUT2D eigenvalue weighted by Gasteiger charge is -2.20. The first kappa shape index (κ1) is 18.5. The highest BCUT2D eigenvalue weighted by Crippen LogP contribution is 2.12. The van der Waals surface area contributed by atoms with E-state index in [1.807, 2.05) is 6.92 Å². The molecule has 0 aliphatic heterocycles. The van der Waals surface area contributed by atoms with Gasteiger partial charge in [0.2, 0.25) is 0 Å². The Morgan fingerprint density at radius 1 is 1.09 bits per heavy atom. The van der Waals surface area contributed by atoms with Crippen LogP contribution in [0.25, 0.3) is 0 Å². The van der Waals surface area contributed by atoms with Gasteiger partial charge in [-0.3, -0.25) is 10.1 Å². The highest BCUT2D eigenvalue weighted by molar-refractivity contribution is 5.97. The van der Waals surface area contributed by atoms with Crippen molar-refractivity contribution in [2.45, 2.75) is 33.2 Å². The second kappa shape index (κ2) is 8.17. The fourth-order valence-corrected chi connectivity index (χ4v) is 1.60. The van der Waals surface area contributed by atoms with Crippen molar-refractivity contribution in [2.75, 3.05) is 13.2 Å². The number of benzene rings is 1. The van der Waals surface area contributed by atoms with Gasteiger partial charge in [0.1, 0.15) is 5.75 Å². The van der Waals surface area contributed by atoms with Gasteiger partial charge in [-0.25, -0.2) is 9.59 Å². The fourth-order valence-electron chi connectivity index (χ4n) is 1.60. The molecule has 0 unspecified atom stereocenters. The lowest BCUT2D eigenvalue weighted by Crippen LogP contribution is -2.49. The first-order chi connectivity index (χ1) is 10.7. The quantitative estimate of drug-likeness (QED) is 0.807. The lowest BCUT2D eigenvalue weighted by molar-refractivity contribution is -0.123. The molecule has 0 radical (unpaired) electrons. The fraction of sp³-hybridized carbons (Fsp3) is 0.438. The Kier molecular flexibility index (Phi) is 6.56. The van der Waals surface area contributed by atoms with Crippen molar-refractivity contribution in [1.29, 1.82) is 0 Å². The summed E-state index contributed by atoms with van der Waals surface area (Å²) in [5, 5.41) is 4.65. The minimum absolute atomic E-state index is 0.292. The minimum Gasteiger partial charge on any atom is -0.494 e. The molecule has 0 fully saturated rings. The van der Waals surface area contributed by atoms with E-state index in [0.717, 1.165) is 0 Å². The lowest BCUT2D eigenvalue weighted by atomic mass is 10.1. The van der Waals surface area contributed by atoms with Gasteiger partial charge in [0.25, 0.3) is 5.91 Å². The Labute approximate surface area is 135 Å². The van der Waals surface area contributed by atoms with Crippen LogP contribution in [0.1, 0.15) is 38.1 Å². The predicted molar refractivity (Wildman–Crippen MR) is 84.3 cm³/mol. The normalized spacial score (nSPS) is 10.6. The van der Waals surface area contributed by atoms with Crippen LogP contribution in [0.2, 0.25) is 0 Å². The molecule has 7 heteroatoms. The monoisotopic (exact) mass is 322 g/mol. The summed E-state index contributed by atoms with van der Waals surface area (Å²) in [5.41, 5.74) is -0.177. The summed E-state index contributed by atoms with van der Waals surface area (Å²) in [4.78, 5) is 34.8. The van der Waals surface area contributed by atoms with Crippen molar-refractivity contribution in [3.8, 4) is 5.75 Å². The molecule has 0 saturated carbocycles. The minimum atomic E-state index is -0.703. The number of urea groups is 1. The van der Waals surface area contributed by atoms with E-state index < -0.39 is 30.1 Å². The van der Waals surface area contributed by atoms with E-state index in [4.69, 9.17) is 9.47 Å². The van der Waals surface area contributed by atoms with Gasteiger partial charge in [-0.05, 0) is 52.0 Å². The molecule has 1 aromatic rings. The SMILES string of the molecule is CCOc1ccc(C(=O)OCC(=O)NC(=O)NC(C)(C)C)cc1. The van der Waals surface area contributed by atoms with Crippen LogP contribution < -0.4 is 15.4 Å². The van der Waals surface area contributed by atoms with Crippen molar-refractivity contribution < 1.29 is 23.9 Å². The number of carbonyl (C=O) groups excluding carboxylic acids is 3. The smallest absolute Gasteiger partial charge is 0.338 e. The third-order valence-corrected chi connectivity index (χ3v) is 2.48. The van der Waals surface area contributed by atoms with Crippen molar-refractivity contribution in [2.24, 2.45) is 0 Å². The molecule has 23 heavy (non-hydrogen) atoms. The standard InChI is InChI=1S/C16H22N2O5/c1-5-22-12-8-6-11(7-9-12)14(20)23-10-13(19)17-15(21)18-16(2,3)4/h6-9H,5,10H2,1-4H3,(H2,17,18,19,21). The number of carbonyl (C=O) groups is 3. The summed E-state index contributed by atoms with van der Waals surface area (Å²) in [6.45, 7) is 7.19. The van der Waals surface area contributed by atoms with Crippen LogP contribution in [-0.4, -0.2) is 36.7 Å². The molecular weight excluding hydrogens is 300 g/mol. The Bertz CT molecular complexity index is 561. The number of rotatable bonds is 5. The average molecular weight is 322 g/mol. The summed E-state index contributed by atoms with van der Waals surface area (Å²) in [6, 6.07) is 5.71. The average Bonchev–Trinajstić information content (AvgIpc) is 2.43. The summed E-state index contributed by atoms with van der Waals surface area (Å²) in [7, 11) is 0. The Morgan fingerprint density at radius 3 is 2.22 bits per heavy atom. The van der Waals surface area contributed by atoms with Gasteiger partial charge in [-0.2, -0.15) is 0 Å². The van der Waals surface area contributed by atoms with E-state index in [0.29, 0.717) is 17.9 Å². The van der Waals surface area contributed by atoms with Crippen LogP contribution in [0.15, 0.2) is 24.3 Å². The zero-order chi connectivity index (χ0) is 17.5. The molecule has 0 spiro atoms. The van der Waals surface area contributed by atoms with Gasteiger partial charge in [-0.1, -0.05) is 0 Å². The number of amides is 3. The molecule has 126 valence electrons. The van der Waals surface area contributed by atoms with E-state index in [1.165, 1.54) is 12.1 Å². The summed E-state index contributed by atoms with van der Waals surface area (Å²) >= 11 is 0. The van der Waals surface area contributed by atoms with Crippen molar-refractivity contribution in [3.63, 3.8) is 0 Å². The van der Waals surface area contributed by atoms with Crippen LogP contribution in [-0.2, 0) is 9.53 Å². The zero-order valence-corrected chi connectivity index (χ0v) is 13.8. The van der Waals surface area contributed by atoms with E-state index in [-0.39, 0.29) is 0 Å². The summed E-state index contributed by atoms with van der Waals surface area (Å²) in [6.07, 6.45) is 0.